The van der Waals surface area contributed by atoms with Crippen LogP contribution in [0.15, 0.2) is 30.3 Å². The Hall–Kier alpha value is -3.28. The molecular formula is C19H25N3O6. The number of amides is 2. The number of carbonyl (C=O) groups is 3. The van der Waals surface area contributed by atoms with E-state index in [1.165, 1.54) is 12.1 Å². The minimum atomic E-state index is -2.32. The van der Waals surface area contributed by atoms with Gasteiger partial charge in [-0.1, -0.05) is 30.3 Å². The quantitative estimate of drug-likeness (QED) is 0.450. The van der Waals surface area contributed by atoms with Crippen LogP contribution in [0.2, 0.25) is 0 Å². The fraction of sp³-hybridized carbons (Fsp3) is 0.474. The highest BCUT2D eigenvalue weighted by Crippen LogP contribution is 2.30. The summed E-state index contributed by atoms with van der Waals surface area (Å²) in [6.07, 6.45) is -3.23. The first-order valence-corrected chi connectivity index (χ1v) is 8.81. The molecule has 0 aromatic heterocycles. The lowest BCUT2D eigenvalue weighted by Gasteiger charge is -2.35. The van der Waals surface area contributed by atoms with E-state index in [9.17, 15) is 19.6 Å². The third-order valence-electron chi connectivity index (χ3n) is 3.32. The van der Waals surface area contributed by atoms with E-state index in [1.807, 2.05) is 6.07 Å². The van der Waals surface area contributed by atoms with Crippen LogP contribution in [0.1, 0.15) is 40.2 Å². The highest BCUT2D eigenvalue weighted by molar-refractivity contribution is 5.91. The van der Waals surface area contributed by atoms with Crippen molar-refractivity contribution in [2.75, 3.05) is 6.61 Å². The summed E-state index contributed by atoms with van der Waals surface area (Å²) in [6, 6.07) is 9.58. The Morgan fingerprint density at radius 1 is 1.11 bits per heavy atom. The van der Waals surface area contributed by atoms with Crippen molar-refractivity contribution < 1.29 is 28.6 Å². The van der Waals surface area contributed by atoms with Crippen LogP contribution in [0.5, 0.6) is 0 Å². The van der Waals surface area contributed by atoms with Crippen molar-refractivity contribution in [2.24, 2.45) is 0 Å². The van der Waals surface area contributed by atoms with Gasteiger partial charge in [-0.25, -0.2) is 19.8 Å². The molecule has 1 atom stereocenters. The number of hydrogen-bond donors (Lipinski definition) is 1. The number of esters is 1. The van der Waals surface area contributed by atoms with Gasteiger partial charge in [0.25, 0.3) is 5.54 Å². The molecule has 0 heterocycles. The topological polar surface area (TPSA) is 118 Å². The smallest absolute Gasteiger partial charge is 0.431 e. The van der Waals surface area contributed by atoms with Crippen molar-refractivity contribution in [1.82, 2.24) is 10.4 Å². The van der Waals surface area contributed by atoms with E-state index in [0.717, 1.165) is 0 Å². The number of benzene rings is 1. The van der Waals surface area contributed by atoms with Crippen molar-refractivity contribution >= 4 is 18.2 Å². The van der Waals surface area contributed by atoms with Gasteiger partial charge in [-0.3, -0.25) is 0 Å². The molecule has 0 saturated carbocycles. The fourth-order valence-electron chi connectivity index (χ4n) is 2.27. The van der Waals surface area contributed by atoms with E-state index >= 15 is 0 Å². The van der Waals surface area contributed by atoms with Crippen LogP contribution in [-0.2, 0) is 24.5 Å². The van der Waals surface area contributed by atoms with Gasteiger partial charge in [-0.05, 0) is 34.6 Å². The third-order valence-corrected chi connectivity index (χ3v) is 3.32. The van der Waals surface area contributed by atoms with E-state index in [0.29, 0.717) is 5.01 Å². The molecule has 1 aromatic rings. The van der Waals surface area contributed by atoms with Crippen LogP contribution < -0.4 is 5.43 Å². The molecule has 1 rings (SSSR count). The first kappa shape index (κ1) is 22.8. The second-order valence-electron chi connectivity index (χ2n) is 6.24. The van der Waals surface area contributed by atoms with Crippen molar-refractivity contribution in [3.05, 3.63) is 35.9 Å². The summed E-state index contributed by atoms with van der Waals surface area (Å²) >= 11 is 0. The van der Waals surface area contributed by atoms with Gasteiger partial charge >= 0.3 is 18.2 Å². The Morgan fingerprint density at radius 3 is 2.14 bits per heavy atom. The highest BCUT2D eigenvalue weighted by atomic mass is 16.6. The van der Waals surface area contributed by atoms with Crippen LogP contribution >= 0.6 is 0 Å². The predicted octanol–water partition coefficient (Wildman–Crippen LogP) is 2.87. The van der Waals surface area contributed by atoms with Gasteiger partial charge < -0.3 is 14.2 Å². The van der Waals surface area contributed by atoms with Gasteiger partial charge in [0.1, 0.15) is 6.07 Å². The minimum absolute atomic E-state index is 0.0431. The van der Waals surface area contributed by atoms with Gasteiger partial charge in [-0.2, -0.15) is 10.3 Å². The number of nitrogens with zero attached hydrogens (tertiary/aromatic N) is 2. The lowest BCUT2D eigenvalue weighted by atomic mass is 9.90. The van der Waals surface area contributed by atoms with E-state index < -0.39 is 35.9 Å². The number of carbonyl (C=O) groups excluding carboxylic acids is 3. The third kappa shape index (κ3) is 5.36. The molecule has 0 saturated heterocycles. The summed E-state index contributed by atoms with van der Waals surface area (Å²) in [5, 5.41) is 10.5. The molecule has 0 aliphatic heterocycles. The molecular weight excluding hydrogens is 366 g/mol. The number of hydrogen-bond acceptors (Lipinski definition) is 7. The molecule has 1 aromatic carbocycles. The summed E-state index contributed by atoms with van der Waals surface area (Å²) in [6.45, 7) is 7.90. The molecule has 152 valence electrons. The molecule has 0 aliphatic carbocycles. The lowest BCUT2D eigenvalue weighted by molar-refractivity contribution is -0.155. The van der Waals surface area contributed by atoms with Gasteiger partial charge in [0.2, 0.25) is 0 Å². The molecule has 2 amide bonds. The summed E-state index contributed by atoms with van der Waals surface area (Å²) < 4.78 is 15.2. The van der Waals surface area contributed by atoms with E-state index in [-0.39, 0.29) is 12.2 Å². The average molecular weight is 391 g/mol. The zero-order valence-corrected chi connectivity index (χ0v) is 16.6. The Labute approximate surface area is 164 Å². The summed E-state index contributed by atoms with van der Waals surface area (Å²) in [5.41, 5.74) is -0.0502. The summed E-state index contributed by atoms with van der Waals surface area (Å²) in [5.74, 6) is -1.05. The van der Waals surface area contributed by atoms with Crippen LogP contribution in [0.25, 0.3) is 0 Å². The van der Waals surface area contributed by atoms with Crippen LogP contribution in [-0.4, -0.2) is 42.0 Å². The predicted molar refractivity (Wildman–Crippen MR) is 98.6 cm³/mol. The monoisotopic (exact) mass is 391 g/mol. The van der Waals surface area contributed by atoms with E-state index in [1.54, 1.807) is 52.8 Å². The second kappa shape index (κ2) is 10.2. The molecule has 1 N–H and O–H groups in total. The number of hydrazine groups is 1. The Kier molecular flexibility index (Phi) is 8.26. The maximum Gasteiger partial charge on any atom is 0.431 e. The van der Waals surface area contributed by atoms with Crippen molar-refractivity contribution in [2.45, 2.75) is 52.4 Å². The standard InChI is InChI=1S/C19H25N3O6/c1-6-26-16(23)19(12-20,15-10-8-7-9-11-15)22(18(25)28-14(4)5)21-17(24)27-13(2)3/h7-11,13-14H,6H2,1-5H3,(H,21,24)/t19-/m1/s1. The van der Waals surface area contributed by atoms with Gasteiger partial charge in [0.15, 0.2) is 0 Å². The van der Waals surface area contributed by atoms with Gasteiger partial charge in [0, 0.05) is 5.56 Å². The summed E-state index contributed by atoms with van der Waals surface area (Å²) in [4.78, 5) is 37.8. The van der Waals surface area contributed by atoms with Crippen molar-refractivity contribution in [1.29, 1.82) is 5.26 Å². The number of rotatable bonds is 6. The van der Waals surface area contributed by atoms with Crippen LogP contribution in [0.3, 0.4) is 0 Å². The van der Waals surface area contributed by atoms with Crippen LogP contribution in [0, 0.1) is 11.3 Å². The molecule has 28 heavy (non-hydrogen) atoms. The molecule has 0 spiro atoms. The van der Waals surface area contributed by atoms with Crippen molar-refractivity contribution in [3.8, 4) is 6.07 Å². The Bertz CT molecular complexity index is 729. The zero-order chi connectivity index (χ0) is 21.3. The Balaban J connectivity index is 3.56. The molecule has 9 heteroatoms. The largest absolute Gasteiger partial charge is 0.463 e. The molecule has 0 bridgehead atoms. The highest BCUT2D eigenvalue weighted by Gasteiger charge is 2.53. The van der Waals surface area contributed by atoms with E-state index in [2.05, 4.69) is 5.43 Å². The Morgan fingerprint density at radius 2 is 1.68 bits per heavy atom. The first-order valence-electron chi connectivity index (χ1n) is 8.81. The second-order valence-corrected chi connectivity index (χ2v) is 6.24. The molecule has 0 aliphatic rings. The fourth-order valence-corrected chi connectivity index (χ4v) is 2.27. The minimum Gasteiger partial charge on any atom is -0.463 e. The number of nitriles is 1. The van der Waals surface area contributed by atoms with Crippen LogP contribution in [0.4, 0.5) is 9.59 Å². The maximum absolute atomic E-state index is 12.8. The van der Waals surface area contributed by atoms with Gasteiger partial charge in [-0.15, -0.1) is 0 Å². The van der Waals surface area contributed by atoms with E-state index in [4.69, 9.17) is 14.2 Å². The SMILES string of the molecule is CCOC(=O)[C@@](C#N)(c1ccccc1)N(NC(=O)OC(C)C)C(=O)OC(C)C. The van der Waals surface area contributed by atoms with Crippen molar-refractivity contribution in [3.63, 3.8) is 0 Å². The molecule has 0 fully saturated rings. The molecule has 0 radical (unpaired) electrons. The lowest BCUT2D eigenvalue weighted by Crippen LogP contribution is -2.62. The molecule has 9 nitrogen and oxygen atoms in total. The normalized spacial score (nSPS) is 12.5. The van der Waals surface area contributed by atoms with Gasteiger partial charge in [0.05, 0.1) is 18.8 Å². The first-order chi connectivity index (χ1) is 13.2. The molecule has 0 unspecified atom stereocenters. The summed E-state index contributed by atoms with van der Waals surface area (Å²) in [7, 11) is 0. The maximum atomic E-state index is 12.8. The number of ether oxygens (including phenoxy) is 3. The average Bonchev–Trinajstić information content (AvgIpc) is 2.61. The number of nitrogens with one attached hydrogen (secondary N) is 1. The zero-order valence-electron chi connectivity index (χ0n) is 16.6.